The average Bonchev–Trinajstić information content (AvgIpc) is 3.35. The molecule has 0 N–H and O–H groups in total. The number of ether oxygens (including phenoxy) is 1. The molecule has 5 rings (SSSR count). The van der Waals surface area contributed by atoms with E-state index in [0.29, 0.717) is 11.3 Å². The van der Waals surface area contributed by atoms with Gasteiger partial charge in [-0.15, -0.1) is 0 Å². The average molecular weight is 455 g/mol. The molecular weight excluding hydrogens is 429 g/mol. The molecule has 2 saturated heterocycles. The molecule has 3 heterocycles. The van der Waals surface area contributed by atoms with Crippen molar-refractivity contribution in [2.75, 3.05) is 4.90 Å². The van der Waals surface area contributed by atoms with Gasteiger partial charge in [-0.2, -0.15) is 0 Å². The van der Waals surface area contributed by atoms with Gasteiger partial charge in [0.05, 0.1) is 35.8 Å². The van der Waals surface area contributed by atoms with Crippen molar-refractivity contribution in [3.63, 3.8) is 0 Å². The van der Waals surface area contributed by atoms with Gasteiger partial charge in [-0.1, -0.05) is 42.5 Å². The summed E-state index contributed by atoms with van der Waals surface area (Å²) in [5, 5.41) is -1.68. The van der Waals surface area contributed by atoms with Crippen LogP contribution in [0.25, 0.3) is 0 Å². The lowest BCUT2D eigenvalue weighted by Gasteiger charge is -2.39. The van der Waals surface area contributed by atoms with E-state index in [1.165, 1.54) is 4.90 Å². The summed E-state index contributed by atoms with van der Waals surface area (Å²) in [7, 11) is -4.07. The minimum atomic E-state index is -4.07. The first-order chi connectivity index (χ1) is 15.2. The van der Waals surface area contributed by atoms with Crippen molar-refractivity contribution in [3.05, 3.63) is 65.7 Å². The summed E-state index contributed by atoms with van der Waals surface area (Å²) in [5.74, 6) is -2.59. The van der Waals surface area contributed by atoms with E-state index in [2.05, 4.69) is 0 Å². The summed E-state index contributed by atoms with van der Waals surface area (Å²) >= 11 is 0. The van der Waals surface area contributed by atoms with Crippen LogP contribution >= 0.6 is 7.60 Å². The van der Waals surface area contributed by atoms with Crippen molar-refractivity contribution in [1.82, 2.24) is 0 Å². The molecule has 2 aromatic carbocycles. The Kier molecular flexibility index (Phi) is 4.95. The molecule has 3 aliphatic heterocycles. The number of carbonyl (C=O) groups is 2. The Morgan fingerprint density at radius 3 is 2.12 bits per heavy atom. The summed E-state index contributed by atoms with van der Waals surface area (Å²) in [6.45, 7) is 7.04. The van der Waals surface area contributed by atoms with Crippen molar-refractivity contribution in [2.45, 2.75) is 51.3 Å². The number of hydrogen-bond donors (Lipinski definition) is 0. The van der Waals surface area contributed by atoms with Gasteiger partial charge in [-0.25, -0.2) is 4.90 Å². The van der Waals surface area contributed by atoms with Crippen molar-refractivity contribution in [2.24, 2.45) is 11.8 Å². The Morgan fingerprint density at radius 1 is 0.906 bits per heavy atom. The molecule has 4 unspecified atom stereocenters. The molecule has 2 fully saturated rings. The summed E-state index contributed by atoms with van der Waals surface area (Å²) in [6, 6.07) is 16.1. The maximum absolute atomic E-state index is 14.6. The number of imide groups is 1. The fourth-order valence-electron chi connectivity index (χ4n) is 5.26. The Bertz CT molecular complexity index is 1120. The van der Waals surface area contributed by atoms with Gasteiger partial charge < -0.3 is 13.8 Å². The second kappa shape index (κ2) is 7.35. The minimum Gasteiger partial charge on any atom is -0.348 e. The lowest BCUT2D eigenvalue weighted by molar-refractivity contribution is -0.127. The van der Waals surface area contributed by atoms with Gasteiger partial charge in [-0.05, 0) is 45.4 Å². The summed E-state index contributed by atoms with van der Waals surface area (Å²) < 4.78 is 32.9. The molecule has 0 aliphatic carbocycles. The van der Waals surface area contributed by atoms with Crippen LogP contribution in [0.3, 0.4) is 0 Å². The zero-order chi connectivity index (χ0) is 22.8. The first kappa shape index (κ1) is 21.5. The molecule has 0 saturated carbocycles. The third-order valence-corrected chi connectivity index (χ3v) is 9.02. The monoisotopic (exact) mass is 455 g/mol. The van der Waals surface area contributed by atoms with Gasteiger partial charge >= 0.3 is 7.60 Å². The zero-order valence-corrected chi connectivity index (χ0v) is 19.3. The lowest BCUT2D eigenvalue weighted by Crippen LogP contribution is -2.41. The number of para-hydroxylation sites is 1. The first-order valence-corrected chi connectivity index (χ1v) is 12.4. The number of fused-ring (bicyclic) bond motifs is 8. The van der Waals surface area contributed by atoms with Crippen LogP contribution in [-0.2, 0) is 33.3 Å². The molecule has 32 heavy (non-hydrogen) atoms. The highest BCUT2D eigenvalue weighted by molar-refractivity contribution is 7.55. The van der Waals surface area contributed by atoms with Crippen molar-refractivity contribution in [3.8, 4) is 0 Å². The number of anilines is 1. The molecule has 2 amide bonds. The largest absolute Gasteiger partial charge is 0.368 e. The van der Waals surface area contributed by atoms with Gasteiger partial charge in [0.2, 0.25) is 17.2 Å². The lowest BCUT2D eigenvalue weighted by atomic mass is 9.77. The van der Waals surface area contributed by atoms with Crippen molar-refractivity contribution < 1.29 is 27.9 Å². The highest BCUT2D eigenvalue weighted by Crippen LogP contribution is 2.80. The smallest absolute Gasteiger partial charge is 0.348 e. The molecule has 0 radical (unpaired) electrons. The molecule has 168 valence electrons. The van der Waals surface area contributed by atoms with Crippen LogP contribution in [0.5, 0.6) is 0 Å². The first-order valence-electron chi connectivity index (χ1n) is 10.9. The van der Waals surface area contributed by atoms with Gasteiger partial charge in [0.15, 0.2) is 0 Å². The molecular formula is C24H26NO6P. The third kappa shape index (κ3) is 2.75. The standard InChI is InChI=1S/C24H26NO6P/c1-14(2)30-32(28,31-15(3)4)24-18-13-9-8-12-17(18)21(29-24)19-20(24)23(27)25(22(19)26)16-10-6-5-7-11-16/h5-15,19-21H,1-4H3. The van der Waals surface area contributed by atoms with E-state index in [1.807, 2.05) is 24.3 Å². The van der Waals surface area contributed by atoms with Crippen LogP contribution in [0.15, 0.2) is 54.6 Å². The zero-order valence-electron chi connectivity index (χ0n) is 18.4. The summed E-state index contributed by atoms with van der Waals surface area (Å²) in [6.07, 6.45) is -1.58. The number of hydrogen-bond acceptors (Lipinski definition) is 6. The Hall–Kier alpha value is -2.31. The number of rotatable bonds is 6. The second-order valence-electron chi connectivity index (χ2n) is 8.98. The second-order valence-corrected chi connectivity index (χ2v) is 11.1. The molecule has 2 aromatic rings. The van der Waals surface area contributed by atoms with Gasteiger partial charge in [-0.3, -0.25) is 14.2 Å². The molecule has 2 bridgehead atoms. The molecule has 4 atom stereocenters. The van der Waals surface area contributed by atoms with Crippen LogP contribution in [-0.4, -0.2) is 24.0 Å². The quantitative estimate of drug-likeness (QED) is 0.461. The summed E-state index contributed by atoms with van der Waals surface area (Å²) in [4.78, 5) is 28.6. The molecule has 3 aliphatic rings. The van der Waals surface area contributed by atoms with E-state index in [4.69, 9.17) is 13.8 Å². The SMILES string of the molecule is CC(C)OP(=O)(OC(C)C)C12OC(c3ccccc31)C1C(=O)N(c3ccccc3)C(=O)C12. The maximum atomic E-state index is 14.6. The Labute approximate surface area is 187 Å². The molecule has 8 heteroatoms. The van der Waals surface area contributed by atoms with Crippen LogP contribution in [0.2, 0.25) is 0 Å². The number of amides is 2. The van der Waals surface area contributed by atoms with E-state index in [-0.39, 0.29) is 5.91 Å². The Balaban J connectivity index is 1.73. The van der Waals surface area contributed by atoms with E-state index in [0.717, 1.165) is 5.56 Å². The molecule has 0 aromatic heterocycles. The third-order valence-electron chi connectivity index (χ3n) is 6.18. The normalized spacial score (nSPS) is 28.7. The van der Waals surface area contributed by atoms with Gasteiger partial charge in [0.25, 0.3) is 0 Å². The van der Waals surface area contributed by atoms with Crippen LogP contribution in [0, 0.1) is 11.8 Å². The maximum Gasteiger partial charge on any atom is 0.368 e. The number of nitrogens with zero attached hydrogens (tertiary/aromatic N) is 1. The van der Waals surface area contributed by atoms with Crippen LogP contribution < -0.4 is 4.90 Å². The van der Waals surface area contributed by atoms with Crippen LogP contribution in [0.1, 0.15) is 44.9 Å². The predicted molar refractivity (Wildman–Crippen MR) is 118 cm³/mol. The van der Waals surface area contributed by atoms with Crippen LogP contribution in [0.4, 0.5) is 5.69 Å². The van der Waals surface area contributed by atoms with E-state index >= 15 is 0 Å². The summed E-state index contributed by atoms with van der Waals surface area (Å²) in [5.41, 5.74) is 1.84. The minimum absolute atomic E-state index is 0.353. The highest BCUT2D eigenvalue weighted by atomic mass is 31.2. The molecule has 0 spiro atoms. The highest BCUT2D eigenvalue weighted by Gasteiger charge is 2.79. The van der Waals surface area contributed by atoms with E-state index < -0.39 is 49.0 Å². The van der Waals surface area contributed by atoms with Gasteiger partial charge in [0, 0.05) is 5.56 Å². The predicted octanol–water partition coefficient (Wildman–Crippen LogP) is 4.77. The Morgan fingerprint density at radius 2 is 1.50 bits per heavy atom. The topological polar surface area (TPSA) is 82.1 Å². The van der Waals surface area contributed by atoms with Crippen molar-refractivity contribution >= 4 is 25.1 Å². The fourth-order valence-corrected chi connectivity index (χ4v) is 8.08. The molecule has 7 nitrogen and oxygen atoms in total. The van der Waals surface area contributed by atoms with Gasteiger partial charge in [0.1, 0.15) is 0 Å². The fraction of sp³-hybridized carbons (Fsp3) is 0.417. The number of carbonyl (C=O) groups excluding carboxylic acids is 2. The van der Waals surface area contributed by atoms with Crippen molar-refractivity contribution in [1.29, 1.82) is 0 Å². The van der Waals surface area contributed by atoms with E-state index in [9.17, 15) is 14.2 Å². The van der Waals surface area contributed by atoms with E-state index in [1.54, 1.807) is 58.0 Å². The number of benzene rings is 2.